The van der Waals surface area contributed by atoms with E-state index in [1.807, 2.05) is 4.90 Å². The molecule has 5 heteroatoms. The number of hydrogen-bond donors (Lipinski definition) is 1. The second-order valence-electron chi connectivity index (χ2n) is 3.91. The number of carbonyl (C=O) groups is 1. The summed E-state index contributed by atoms with van der Waals surface area (Å²) in [6.45, 7) is 4.53. The van der Waals surface area contributed by atoms with Crippen LogP contribution in [0.1, 0.15) is 23.9 Å². The summed E-state index contributed by atoms with van der Waals surface area (Å²) >= 11 is 5.66. The lowest BCUT2D eigenvalue weighted by Crippen LogP contribution is -2.59. The van der Waals surface area contributed by atoms with Gasteiger partial charge in [-0.05, 0) is 30.2 Å². The third-order valence-electron chi connectivity index (χ3n) is 2.71. The fourth-order valence-corrected chi connectivity index (χ4v) is 1.90. The molecule has 2 heterocycles. The smallest absolute Gasteiger partial charge is 0.289 e. The van der Waals surface area contributed by atoms with Crippen molar-refractivity contribution in [2.45, 2.75) is 19.4 Å². The van der Waals surface area contributed by atoms with Gasteiger partial charge in [0.1, 0.15) is 0 Å². The molecule has 0 unspecified atom stereocenters. The van der Waals surface area contributed by atoms with E-state index in [9.17, 15) is 4.79 Å². The van der Waals surface area contributed by atoms with Gasteiger partial charge in [-0.1, -0.05) is 6.92 Å². The Balaban J connectivity index is 2.09. The van der Waals surface area contributed by atoms with Crippen LogP contribution in [-0.2, 0) is 0 Å². The maximum atomic E-state index is 12.1. The van der Waals surface area contributed by atoms with Crippen LogP contribution in [-0.4, -0.2) is 36.5 Å². The van der Waals surface area contributed by atoms with Gasteiger partial charge in [-0.25, -0.2) is 0 Å². The Hall–Kier alpha value is -1.00. The number of nitrogens with zero attached hydrogens (tertiary/aromatic N) is 1. The normalized spacial score (nSPS) is 15.9. The Labute approximate surface area is 99.5 Å². The highest BCUT2D eigenvalue weighted by molar-refractivity contribution is 6.29. The Morgan fingerprint density at radius 1 is 1.62 bits per heavy atom. The van der Waals surface area contributed by atoms with Gasteiger partial charge in [-0.15, -0.1) is 0 Å². The van der Waals surface area contributed by atoms with Crippen LogP contribution in [0.5, 0.6) is 0 Å². The minimum atomic E-state index is -0.0692. The highest BCUT2D eigenvalue weighted by atomic mass is 35.5. The summed E-state index contributed by atoms with van der Waals surface area (Å²) in [7, 11) is 0. The van der Waals surface area contributed by atoms with Crippen LogP contribution in [0.2, 0.25) is 5.22 Å². The molecule has 4 nitrogen and oxygen atoms in total. The summed E-state index contributed by atoms with van der Waals surface area (Å²) in [5, 5.41) is 3.42. The van der Waals surface area contributed by atoms with E-state index >= 15 is 0 Å². The molecule has 1 aliphatic heterocycles. The lowest BCUT2D eigenvalue weighted by Gasteiger charge is -2.37. The van der Waals surface area contributed by atoms with Crippen molar-refractivity contribution in [1.29, 1.82) is 0 Å². The number of rotatable bonds is 4. The first-order valence-electron chi connectivity index (χ1n) is 5.49. The third-order valence-corrected chi connectivity index (χ3v) is 2.91. The minimum Gasteiger partial charge on any atom is -0.440 e. The van der Waals surface area contributed by atoms with Gasteiger partial charge in [-0.2, -0.15) is 0 Å². The van der Waals surface area contributed by atoms with Crippen molar-refractivity contribution in [3.8, 4) is 0 Å². The average Bonchev–Trinajstić information content (AvgIpc) is 2.60. The van der Waals surface area contributed by atoms with Gasteiger partial charge in [-0.3, -0.25) is 4.79 Å². The predicted molar refractivity (Wildman–Crippen MR) is 61.7 cm³/mol. The van der Waals surface area contributed by atoms with Crippen LogP contribution in [0, 0.1) is 0 Å². The van der Waals surface area contributed by atoms with Crippen molar-refractivity contribution in [3.63, 3.8) is 0 Å². The molecule has 0 spiro atoms. The Kier molecular flexibility index (Phi) is 3.51. The number of furan rings is 1. The van der Waals surface area contributed by atoms with Gasteiger partial charge in [0.25, 0.3) is 5.91 Å². The molecular weight excluding hydrogens is 228 g/mol. The molecule has 1 aromatic rings. The SMILES string of the molecule is CCCN(C(=O)c1ccc(Cl)o1)C1CNC1. The standard InChI is InChI=1S/C11H15ClN2O2/c1-2-5-14(8-6-13-7-8)11(15)9-3-4-10(12)16-9/h3-4,8,13H,2,5-7H2,1H3. The summed E-state index contributed by atoms with van der Waals surface area (Å²) in [6, 6.07) is 3.51. The van der Waals surface area contributed by atoms with Crippen LogP contribution in [0.3, 0.4) is 0 Å². The second kappa shape index (κ2) is 4.89. The monoisotopic (exact) mass is 242 g/mol. The van der Waals surface area contributed by atoms with Crippen LogP contribution in [0.15, 0.2) is 16.5 Å². The summed E-state index contributed by atoms with van der Waals surface area (Å²) in [5.74, 6) is 0.255. The number of amides is 1. The van der Waals surface area contributed by atoms with Gasteiger partial charge < -0.3 is 14.6 Å². The molecule has 1 fully saturated rings. The summed E-state index contributed by atoms with van der Waals surface area (Å²) < 4.78 is 5.15. The van der Waals surface area contributed by atoms with Crippen molar-refractivity contribution in [2.75, 3.05) is 19.6 Å². The first-order valence-corrected chi connectivity index (χ1v) is 5.87. The van der Waals surface area contributed by atoms with Crippen molar-refractivity contribution in [3.05, 3.63) is 23.1 Å². The molecule has 0 aliphatic carbocycles. The van der Waals surface area contributed by atoms with E-state index in [-0.39, 0.29) is 17.2 Å². The van der Waals surface area contributed by atoms with E-state index in [1.54, 1.807) is 12.1 Å². The quantitative estimate of drug-likeness (QED) is 0.875. The maximum absolute atomic E-state index is 12.1. The summed E-state index contributed by atoms with van der Waals surface area (Å²) in [6.07, 6.45) is 0.941. The van der Waals surface area contributed by atoms with Crippen LogP contribution >= 0.6 is 11.6 Å². The Bertz CT molecular complexity index is 374. The zero-order chi connectivity index (χ0) is 11.5. The highest BCUT2D eigenvalue weighted by Crippen LogP contribution is 2.17. The lowest BCUT2D eigenvalue weighted by molar-refractivity contribution is 0.0583. The first kappa shape index (κ1) is 11.5. The van der Waals surface area contributed by atoms with Gasteiger partial charge >= 0.3 is 0 Å². The van der Waals surface area contributed by atoms with Crippen molar-refractivity contribution in [2.24, 2.45) is 0 Å². The van der Waals surface area contributed by atoms with Gasteiger partial charge in [0.2, 0.25) is 0 Å². The molecule has 0 saturated carbocycles. The van der Waals surface area contributed by atoms with Crippen molar-refractivity contribution < 1.29 is 9.21 Å². The summed E-state index contributed by atoms with van der Waals surface area (Å²) in [4.78, 5) is 14.0. The van der Waals surface area contributed by atoms with Crippen LogP contribution < -0.4 is 5.32 Å². The average molecular weight is 243 g/mol. The number of halogens is 1. The van der Waals surface area contributed by atoms with Crippen LogP contribution in [0.25, 0.3) is 0 Å². The molecule has 1 aliphatic rings. The molecule has 1 N–H and O–H groups in total. The van der Waals surface area contributed by atoms with Crippen molar-refractivity contribution in [1.82, 2.24) is 10.2 Å². The molecule has 0 atom stereocenters. The molecule has 1 amide bonds. The fourth-order valence-electron chi connectivity index (χ4n) is 1.76. The van der Waals surface area contributed by atoms with E-state index in [1.165, 1.54) is 0 Å². The summed E-state index contributed by atoms with van der Waals surface area (Å²) in [5.41, 5.74) is 0. The number of nitrogens with one attached hydrogen (secondary N) is 1. The topological polar surface area (TPSA) is 45.5 Å². The van der Waals surface area contributed by atoms with E-state index in [4.69, 9.17) is 16.0 Å². The van der Waals surface area contributed by atoms with E-state index in [0.717, 1.165) is 26.1 Å². The lowest BCUT2D eigenvalue weighted by atomic mass is 10.1. The third kappa shape index (κ3) is 2.23. The van der Waals surface area contributed by atoms with Gasteiger partial charge in [0.05, 0.1) is 6.04 Å². The Morgan fingerprint density at radius 3 is 2.81 bits per heavy atom. The molecule has 16 heavy (non-hydrogen) atoms. The molecule has 0 aromatic carbocycles. The molecule has 0 radical (unpaired) electrons. The van der Waals surface area contributed by atoms with Crippen LogP contribution in [0.4, 0.5) is 0 Å². The molecule has 88 valence electrons. The van der Waals surface area contributed by atoms with Gasteiger partial charge in [0.15, 0.2) is 11.0 Å². The highest BCUT2D eigenvalue weighted by Gasteiger charge is 2.29. The van der Waals surface area contributed by atoms with E-state index in [2.05, 4.69) is 12.2 Å². The Morgan fingerprint density at radius 2 is 2.38 bits per heavy atom. The zero-order valence-corrected chi connectivity index (χ0v) is 9.96. The largest absolute Gasteiger partial charge is 0.440 e. The molecule has 1 saturated heterocycles. The van der Waals surface area contributed by atoms with E-state index in [0.29, 0.717) is 5.76 Å². The molecular formula is C11H15ClN2O2. The number of carbonyl (C=O) groups excluding carboxylic acids is 1. The minimum absolute atomic E-state index is 0.0692. The first-order chi connectivity index (χ1) is 7.72. The van der Waals surface area contributed by atoms with Gasteiger partial charge in [0, 0.05) is 19.6 Å². The zero-order valence-electron chi connectivity index (χ0n) is 9.20. The fraction of sp³-hybridized carbons (Fsp3) is 0.545. The maximum Gasteiger partial charge on any atom is 0.289 e. The predicted octanol–water partition coefficient (Wildman–Crippen LogP) is 1.76. The van der Waals surface area contributed by atoms with E-state index < -0.39 is 0 Å². The van der Waals surface area contributed by atoms with Crippen molar-refractivity contribution >= 4 is 17.5 Å². The number of hydrogen-bond acceptors (Lipinski definition) is 3. The molecule has 0 bridgehead atoms. The second-order valence-corrected chi connectivity index (χ2v) is 4.29. The molecule has 1 aromatic heterocycles. The molecule has 2 rings (SSSR count).